The van der Waals surface area contributed by atoms with Crippen LogP contribution in [-0.2, 0) is 4.74 Å². The van der Waals surface area contributed by atoms with Gasteiger partial charge in [-0.25, -0.2) is 4.79 Å². The van der Waals surface area contributed by atoms with Crippen LogP contribution in [-0.4, -0.2) is 13.1 Å². The molecule has 1 heterocycles. The molecule has 1 atom stereocenters. The van der Waals surface area contributed by atoms with Crippen LogP contribution in [0.25, 0.3) is 0 Å². The molecule has 2 nitrogen and oxygen atoms in total. The molecule has 0 N–H and O–H groups in total. The average Bonchev–Trinajstić information content (AvgIpc) is 2.64. The lowest BCUT2D eigenvalue weighted by atomic mass is 9.97. The number of thiophene rings is 1. The molecule has 1 rings (SSSR count). The Hall–Kier alpha value is -0.830. The molecule has 0 radical (unpaired) electrons. The first-order valence-electron chi connectivity index (χ1n) is 4.74. The topological polar surface area (TPSA) is 26.3 Å². The van der Waals surface area contributed by atoms with E-state index in [1.807, 2.05) is 12.1 Å². The van der Waals surface area contributed by atoms with E-state index >= 15 is 0 Å². The first-order valence-corrected chi connectivity index (χ1v) is 5.56. The predicted octanol–water partition coefficient (Wildman–Crippen LogP) is 3.29. The Labute approximate surface area is 88.9 Å². The Bertz CT molecular complexity index is 315. The zero-order valence-corrected chi connectivity index (χ0v) is 9.85. The number of esters is 1. The van der Waals surface area contributed by atoms with Crippen molar-refractivity contribution in [3.63, 3.8) is 0 Å². The van der Waals surface area contributed by atoms with Crippen LogP contribution in [0.3, 0.4) is 0 Å². The smallest absolute Gasteiger partial charge is 0.348 e. The summed E-state index contributed by atoms with van der Waals surface area (Å²) in [5.41, 5.74) is 0. The lowest BCUT2D eigenvalue weighted by Crippen LogP contribution is -1.99. The third-order valence-corrected chi connectivity index (χ3v) is 3.73. The van der Waals surface area contributed by atoms with Crippen LogP contribution in [0.1, 0.15) is 41.2 Å². The van der Waals surface area contributed by atoms with Gasteiger partial charge in [0.15, 0.2) is 0 Å². The number of rotatable bonds is 3. The summed E-state index contributed by atoms with van der Waals surface area (Å²) in [6, 6.07) is 3.85. The normalized spacial score (nSPS) is 12.9. The minimum Gasteiger partial charge on any atom is -0.465 e. The summed E-state index contributed by atoms with van der Waals surface area (Å²) in [7, 11) is 1.41. The van der Waals surface area contributed by atoms with Crippen molar-refractivity contribution in [1.29, 1.82) is 0 Å². The van der Waals surface area contributed by atoms with Crippen molar-refractivity contribution >= 4 is 17.3 Å². The highest BCUT2D eigenvalue weighted by Gasteiger charge is 2.15. The maximum Gasteiger partial charge on any atom is 0.348 e. The largest absolute Gasteiger partial charge is 0.465 e. The molecule has 0 aromatic carbocycles. The predicted molar refractivity (Wildman–Crippen MR) is 58.9 cm³/mol. The van der Waals surface area contributed by atoms with Gasteiger partial charge in [0.25, 0.3) is 0 Å². The van der Waals surface area contributed by atoms with Gasteiger partial charge in [-0.2, -0.15) is 0 Å². The summed E-state index contributed by atoms with van der Waals surface area (Å²) in [5, 5.41) is 0. The minimum atomic E-state index is -0.239. The molecule has 14 heavy (non-hydrogen) atoms. The molecule has 1 unspecified atom stereocenters. The van der Waals surface area contributed by atoms with Crippen LogP contribution in [0.2, 0.25) is 0 Å². The molecule has 0 aliphatic rings. The monoisotopic (exact) mass is 212 g/mol. The first-order chi connectivity index (χ1) is 6.56. The number of methoxy groups -OCH3 is 1. The van der Waals surface area contributed by atoms with E-state index in [0.717, 1.165) is 0 Å². The molecule has 0 aliphatic carbocycles. The van der Waals surface area contributed by atoms with Gasteiger partial charge >= 0.3 is 5.97 Å². The molecular formula is C11H16O2S. The van der Waals surface area contributed by atoms with Crippen LogP contribution in [0.5, 0.6) is 0 Å². The van der Waals surface area contributed by atoms with Gasteiger partial charge in [0.1, 0.15) is 4.88 Å². The van der Waals surface area contributed by atoms with Crippen molar-refractivity contribution in [2.45, 2.75) is 26.7 Å². The van der Waals surface area contributed by atoms with Gasteiger partial charge in [-0.3, -0.25) is 0 Å². The summed E-state index contributed by atoms with van der Waals surface area (Å²) in [4.78, 5) is 13.1. The van der Waals surface area contributed by atoms with E-state index in [9.17, 15) is 4.79 Å². The Balaban J connectivity index is 2.82. The van der Waals surface area contributed by atoms with Crippen LogP contribution in [0.4, 0.5) is 0 Å². The molecule has 1 aromatic heterocycles. The van der Waals surface area contributed by atoms with E-state index in [1.165, 1.54) is 23.3 Å². The van der Waals surface area contributed by atoms with Crippen molar-refractivity contribution in [2.24, 2.45) is 5.92 Å². The molecule has 3 heteroatoms. The maximum absolute atomic E-state index is 11.2. The fraction of sp³-hybridized carbons (Fsp3) is 0.545. The van der Waals surface area contributed by atoms with Crippen molar-refractivity contribution < 1.29 is 9.53 Å². The number of ether oxygens (including phenoxy) is 1. The number of hydrogen-bond donors (Lipinski definition) is 0. The molecule has 0 amide bonds. The molecule has 0 saturated heterocycles. The molecular weight excluding hydrogens is 196 g/mol. The second kappa shape index (κ2) is 4.60. The molecule has 78 valence electrons. The third-order valence-electron chi connectivity index (χ3n) is 2.46. The third kappa shape index (κ3) is 2.35. The van der Waals surface area contributed by atoms with Crippen LogP contribution in [0, 0.1) is 5.92 Å². The van der Waals surface area contributed by atoms with E-state index < -0.39 is 0 Å². The standard InChI is InChI=1S/C11H16O2S/c1-7(2)8(3)9-5-6-10(14-9)11(12)13-4/h5-8H,1-4H3. The Morgan fingerprint density at radius 1 is 1.36 bits per heavy atom. The fourth-order valence-electron chi connectivity index (χ4n) is 1.14. The lowest BCUT2D eigenvalue weighted by molar-refractivity contribution is 0.0606. The van der Waals surface area contributed by atoms with Gasteiger partial charge in [0.2, 0.25) is 0 Å². The van der Waals surface area contributed by atoms with Gasteiger partial charge < -0.3 is 4.74 Å². The summed E-state index contributed by atoms with van der Waals surface area (Å²) in [6.07, 6.45) is 0. The summed E-state index contributed by atoms with van der Waals surface area (Å²) >= 11 is 1.53. The quantitative estimate of drug-likeness (QED) is 0.719. The summed E-state index contributed by atoms with van der Waals surface area (Å²) in [6.45, 7) is 6.54. The number of carbonyl (C=O) groups is 1. The van der Waals surface area contributed by atoms with Gasteiger partial charge in [0, 0.05) is 4.88 Å². The maximum atomic E-state index is 11.2. The van der Waals surface area contributed by atoms with Gasteiger partial charge in [-0.1, -0.05) is 20.8 Å². The first kappa shape index (κ1) is 11.2. The molecule has 0 bridgehead atoms. The fourth-order valence-corrected chi connectivity index (χ4v) is 2.29. The second-order valence-electron chi connectivity index (χ2n) is 3.73. The van der Waals surface area contributed by atoms with Gasteiger partial charge in [-0.05, 0) is 24.0 Å². The molecule has 1 aromatic rings. The minimum absolute atomic E-state index is 0.239. The SMILES string of the molecule is COC(=O)c1ccc(C(C)C(C)C)s1. The molecule has 0 aliphatic heterocycles. The van der Waals surface area contributed by atoms with E-state index in [4.69, 9.17) is 0 Å². The van der Waals surface area contributed by atoms with E-state index in [0.29, 0.717) is 16.7 Å². The highest BCUT2D eigenvalue weighted by Crippen LogP contribution is 2.30. The molecule has 0 fully saturated rings. The lowest BCUT2D eigenvalue weighted by Gasteiger charge is -2.12. The highest BCUT2D eigenvalue weighted by atomic mass is 32.1. The number of hydrogen-bond acceptors (Lipinski definition) is 3. The highest BCUT2D eigenvalue weighted by molar-refractivity contribution is 7.14. The molecule has 0 saturated carbocycles. The van der Waals surface area contributed by atoms with Crippen LogP contribution < -0.4 is 0 Å². The second-order valence-corrected chi connectivity index (χ2v) is 4.84. The van der Waals surface area contributed by atoms with Crippen molar-refractivity contribution in [3.8, 4) is 0 Å². The van der Waals surface area contributed by atoms with E-state index in [-0.39, 0.29) is 5.97 Å². The molecule has 0 spiro atoms. The summed E-state index contributed by atoms with van der Waals surface area (Å²) < 4.78 is 4.66. The average molecular weight is 212 g/mol. The van der Waals surface area contributed by atoms with Crippen molar-refractivity contribution in [1.82, 2.24) is 0 Å². The van der Waals surface area contributed by atoms with Crippen LogP contribution >= 0.6 is 11.3 Å². The van der Waals surface area contributed by atoms with Crippen molar-refractivity contribution in [2.75, 3.05) is 7.11 Å². The zero-order chi connectivity index (χ0) is 10.7. The zero-order valence-electron chi connectivity index (χ0n) is 9.03. The van der Waals surface area contributed by atoms with Gasteiger partial charge in [-0.15, -0.1) is 11.3 Å². The van der Waals surface area contributed by atoms with Gasteiger partial charge in [0.05, 0.1) is 7.11 Å². The van der Waals surface area contributed by atoms with E-state index in [2.05, 4.69) is 25.5 Å². The van der Waals surface area contributed by atoms with E-state index in [1.54, 1.807) is 0 Å². The summed E-state index contributed by atoms with van der Waals surface area (Å²) in [5.74, 6) is 0.856. The Morgan fingerprint density at radius 2 is 2.00 bits per heavy atom. The number of carbonyl (C=O) groups excluding carboxylic acids is 1. The van der Waals surface area contributed by atoms with Crippen LogP contribution in [0.15, 0.2) is 12.1 Å². The van der Waals surface area contributed by atoms with Crippen molar-refractivity contribution in [3.05, 3.63) is 21.9 Å². The Kier molecular flexibility index (Phi) is 3.69. The Morgan fingerprint density at radius 3 is 2.50 bits per heavy atom.